The maximum Gasteiger partial charge on any atom is 0.323 e. The van der Waals surface area contributed by atoms with Crippen LogP contribution in [0.3, 0.4) is 0 Å². The van der Waals surface area contributed by atoms with Crippen LogP contribution in [0.15, 0.2) is 29.2 Å². The Balaban J connectivity index is 3.19. The number of carboxylic acid groups (broad SMARTS) is 1. The molecule has 0 radical (unpaired) electrons. The normalized spacial score (nSPS) is 11.6. The SMILES string of the molecule is CC(C)NS(=O)(=O)c1ccccc1N(C)CC(=O)O. The molecule has 19 heavy (non-hydrogen) atoms. The molecule has 0 spiro atoms. The van der Waals surface area contributed by atoms with Crippen molar-refractivity contribution >= 4 is 21.7 Å². The van der Waals surface area contributed by atoms with Crippen LogP contribution in [-0.2, 0) is 14.8 Å². The van der Waals surface area contributed by atoms with Crippen molar-refractivity contribution in [2.75, 3.05) is 18.5 Å². The molecule has 0 atom stereocenters. The number of hydrogen-bond acceptors (Lipinski definition) is 4. The number of nitrogens with one attached hydrogen (secondary N) is 1. The zero-order chi connectivity index (χ0) is 14.6. The predicted octanol–water partition coefficient (Wildman–Crippen LogP) is 0.894. The minimum atomic E-state index is -3.66. The van der Waals surface area contributed by atoms with Crippen LogP contribution in [0.5, 0.6) is 0 Å². The lowest BCUT2D eigenvalue weighted by atomic mass is 10.3. The van der Waals surface area contributed by atoms with Gasteiger partial charge in [-0.1, -0.05) is 12.1 Å². The Morgan fingerprint density at radius 3 is 2.47 bits per heavy atom. The van der Waals surface area contributed by atoms with E-state index in [1.54, 1.807) is 32.0 Å². The van der Waals surface area contributed by atoms with Gasteiger partial charge in [0, 0.05) is 13.1 Å². The summed E-state index contributed by atoms with van der Waals surface area (Å²) < 4.78 is 26.8. The molecule has 1 aromatic carbocycles. The molecule has 0 heterocycles. The lowest BCUT2D eigenvalue weighted by Gasteiger charge is -2.21. The molecule has 1 rings (SSSR count). The van der Waals surface area contributed by atoms with Crippen LogP contribution in [0, 0.1) is 0 Å². The molecule has 0 bridgehead atoms. The Bertz CT molecular complexity index is 555. The number of hydrogen-bond donors (Lipinski definition) is 2. The highest BCUT2D eigenvalue weighted by atomic mass is 32.2. The Labute approximate surface area is 113 Å². The number of carbonyl (C=O) groups is 1. The number of sulfonamides is 1. The average Bonchev–Trinajstić information content (AvgIpc) is 2.26. The number of carboxylic acids is 1. The zero-order valence-corrected chi connectivity index (χ0v) is 11.9. The highest BCUT2D eigenvalue weighted by Gasteiger charge is 2.21. The average molecular weight is 286 g/mol. The first-order valence-electron chi connectivity index (χ1n) is 5.78. The smallest absolute Gasteiger partial charge is 0.323 e. The molecule has 106 valence electrons. The van der Waals surface area contributed by atoms with Gasteiger partial charge in [0.1, 0.15) is 11.4 Å². The summed E-state index contributed by atoms with van der Waals surface area (Å²) in [5, 5.41) is 8.78. The fourth-order valence-corrected chi connectivity index (χ4v) is 3.17. The number of aliphatic carboxylic acids is 1. The van der Waals surface area contributed by atoms with E-state index in [-0.39, 0.29) is 17.5 Å². The lowest BCUT2D eigenvalue weighted by Crippen LogP contribution is -2.33. The summed E-state index contributed by atoms with van der Waals surface area (Å²) in [5.74, 6) is -1.02. The number of rotatable bonds is 6. The Kier molecular flexibility index (Phi) is 4.90. The third kappa shape index (κ3) is 4.22. The summed E-state index contributed by atoms with van der Waals surface area (Å²) in [4.78, 5) is 12.2. The van der Waals surface area contributed by atoms with Crippen molar-refractivity contribution < 1.29 is 18.3 Å². The van der Waals surface area contributed by atoms with Crippen LogP contribution < -0.4 is 9.62 Å². The molecule has 0 aliphatic heterocycles. The van der Waals surface area contributed by atoms with E-state index >= 15 is 0 Å². The molecule has 0 aliphatic rings. The van der Waals surface area contributed by atoms with E-state index in [9.17, 15) is 13.2 Å². The van der Waals surface area contributed by atoms with E-state index in [4.69, 9.17) is 5.11 Å². The number of anilines is 1. The van der Waals surface area contributed by atoms with Gasteiger partial charge in [-0.25, -0.2) is 13.1 Å². The second-order valence-corrected chi connectivity index (χ2v) is 6.18. The van der Waals surface area contributed by atoms with E-state index in [2.05, 4.69) is 4.72 Å². The number of benzene rings is 1. The molecule has 2 N–H and O–H groups in total. The molecule has 6 nitrogen and oxygen atoms in total. The second kappa shape index (κ2) is 6.03. The van der Waals surface area contributed by atoms with Crippen LogP contribution >= 0.6 is 0 Å². The summed E-state index contributed by atoms with van der Waals surface area (Å²) in [6.07, 6.45) is 0. The van der Waals surface area contributed by atoms with Crippen molar-refractivity contribution in [3.63, 3.8) is 0 Å². The van der Waals surface area contributed by atoms with E-state index in [0.717, 1.165) is 0 Å². The molecule has 0 unspecified atom stereocenters. The topological polar surface area (TPSA) is 86.7 Å². The van der Waals surface area contributed by atoms with Gasteiger partial charge in [-0.2, -0.15) is 0 Å². The molecule has 0 saturated carbocycles. The molecule has 0 amide bonds. The maximum atomic E-state index is 12.2. The quantitative estimate of drug-likeness (QED) is 0.811. The largest absolute Gasteiger partial charge is 0.480 e. The summed E-state index contributed by atoms with van der Waals surface area (Å²) >= 11 is 0. The highest BCUT2D eigenvalue weighted by molar-refractivity contribution is 7.89. The summed E-state index contributed by atoms with van der Waals surface area (Å²) in [7, 11) is -2.12. The van der Waals surface area contributed by atoms with Crippen molar-refractivity contribution in [2.24, 2.45) is 0 Å². The third-order valence-electron chi connectivity index (χ3n) is 2.33. The molecule has 0 fully saturated rings. The third-order valence-corrected chi connectivity index (χ3v) is 4.04. The first kappa shape index (κ1) is 15.5. The Morgan fingerprint density at radius 2 is 1.95 bits per heavy atom. The maximum absolute atomic E-state index is 12.2. The fourth-order valence-electron chi connectivity index (χ4n) is 1.66. The van der Waals surface area contributed by atoms with Gasteiger partial charge in [0.2, 0.25) is 10.0 Å². The van der Waals surface area contributed by atoms with Crippen molar-refractivity contribution in [3.05, 3.63) is 24.3 Å². The van der Waals surface area contributed by atoms with Crippen molar-refractivity contribution in [1.82, 2.24) is 4.72 Å². The van der Waals surface area contributed by atoms with Gasteiger partial charge < -0.3 is 10.0 Å². The summed E-state index contributed by atoms with van der Waals surface area (Å²) in [5.41, 5.74) is 0.359. The van der Waals surface area contributed by atoms with E-state index in [0.29, 0.717) is 5.69 Å². The molecule has 1 aromatic rings. The van der Waals surface area contributed by atoms with Crippen LogP contribution in [-0.4, -0.2) is 39.1 Å². The fraction of sp³-hybridized carbons (Fsp3) is 0.417. The Morgan fingerprint density at radius 1 is 1.37 bits per heavy atom. The molecule has 7 heteroatoms. The number of para-hydroxylation sites is 1. The zero-order valence-electron chi connectivity index (χ0n) is 11.1. The predicted molar refractivity (Wildman–Crippen MR) is 72.8 cm³/mol. The van der Waals surface area contributed by atoms with E-state index in [1.165, 1.54) is 18.0 Å². The van der Waals surface area contributed by atoms with E-state index < -0.39 is 16.0 Å². The van der Waals surface area contributed by atoms with Gasteiger partial charge in [-0.15, -0.1) is 0 Å². The standard InChI is InChI=1S/C12H18N2O4S/c1-9(2)13-19(17,18)11-7-5-4-6-10(11)14(3)8-12(15)16/h4-7,9,13H,8H2,1-3H3,(H,15,16). The molecule has 0 aliphatic carbocycles. The van der Waals surface area contributed by atoms with Crippen molar-refractivity contribution in [1.29, 1.82) is 0 Å². The first-order chi connectivity index (χ1) is 8.74. The summed E-state index contributed by atoms with van der Waals surface area (Å²) in [6, 6.07) is 6.08. The van der Waals surface area contributed by atoms with Crippen molar-refractivity contribution in [3.8, 4) is 0 Å². The number of likely N-dealkylation sites (N-methyl/N-ethyl adjacent to an activating group) is 1. The first-order valence-corrected chi connectivity index (χ1v) is 7.26. The van der Waals surface area contributed by atoms with Gasteiger partial charge >= 0.3 is 5.97 Å². The Hall–Kier alpha value is -1.60. The highest BCUT2D eigenvalue weighted by Crippen LogP contribution is 2.23. The lowest BCUT2D eigenvalue weighted by molar-refractivity contribution is -0.135. The minimum Gasteiger partial charge on any atom is -0.480 e. The van der Waals surface area contributed by atoms with Gasteiger partial charge in [0.25, 0.3) is 0 Å². The van der Waals surface area contributed by atoms with Gasteiger partial charge in [-0.3, -0.25) is 4.79 Å². The van der Waals surface area contributed by atoms with E-state index in [1.807, 2.05) is 0 Å². The monoisotopic (exact) mass is 286 g/mol. The molecule has 0 saturated heterocycles. The van der Waals surface area contributed by atoms with Crippen LogP contribution in [0.1, 0.15) is 13.8 Å². The molecular weight excluding hydrogens is 268 g/mol. The second-order valence-electron chi connectivity index (χ2n) is 4.49. The summed E-state index contributed by atoms with van der Waals surface area (Å²) in [6.45, 7) is 3.18. The van der Waals surface area contributed by atoms with Crippen LogP contribution in [0.25, 0.3) is 0 Å². The van der Waals surface area contributed by atoms with Crippen LogP contribution in [0.2, 0.25) is 0 Å². The van der Waals surface area contributed by atoms with Crippen molar-refractivity contribution in [2.45, 2.75) is 24.8 Å². The number of nitrogens with zero attached hydrogens (tertiary/aromatic N) is 1. The molecule has 0 aromatic heterocycles. The minimum absolute atomic E-state index is 0.0763. The van der Waals surface area contributed by atoms with Crippen LogP contribution in [0.4, 0.5) is 5.69 Å². The van der Waals surface area contributed by atoms with Gasteiger partial charge in [-0.05, 0) is 26.0 Å². The molecular formula is C12H18N2O4S. The van der Waals surface area contributed by atoms with Gasteiger partial charge in [0.15, 0.2) is 0 Å². The van der Waals surface area contributed by atoms with Gasteiger partial charge in [0.05, 0.1) is 5.69 Å².